The van der Waals surface area contributed by atoms with Crippen LogP contribution in [0.1, 0.15) is 49.8 Å². The number of nitrogens with one attached hydrogen (secondary N) is 2. The van der Waals surface area contributed by atoms with E-state index in [0.717, 1.165) is 38.8 Å². The van der Waals surface area contributed by atoms with E-state index < -0.39 is 0 Å². The molecule has 2 N–H and O–H groups in total. The second kappa shape index (κ2) is 6.27. The SMILES string of the molecule is O=C(N[C@H]1CCCNC1)C1(c2cccs2)CCCCC1. The van der Waals surface area contributed by atoms with E-state index in [-0.39, 0.29) is 11.3 Å². The van der Waals surface area contributed by atoms with Crippen molar-refractivity contribution in [2.45, 2.75) is 56.4 Å². The summed E-state index contributed by atoms with van der Waals surface area (Å²) < 4.78 is 0. The molecule has 2 aliphatic rings. The fourth-order valence-electron chi connectivity index (χ4n) is 3.59. The molecule has 110 valence electrons. The van der Waals surface area contributed by atoms with Gasteiger partial charge < -0.3 is 10.6 Å². The molecular formula is C16H24N2OS. The Morgan fingerprint density at radius 2 is 2.15 bits per heavy atom. The first kappa shape index (κ1) is 14.1. The van der Waals surface area contributed by atoms with Crippen LogP contribution in [0.5, 0.6) is 0 Å². The maximum Gasteiger partial charge on any atom is 0.231 e. The molecule has 4 heteroatoms. The molecule has 0 aromatic carbocycles. The van der Waals surface area contributed by atoms with Gasteiger partial charge in [-0.05, 0) is 43.7 Å². The van der Waals surface area contributed by atoms with Gasteiger partial charge in [0.25, 0.3) is 0 Å². The predicted molar refractivity (Wildman–Crippen MR) is 83.1 cm³/mol. The molecule has 0 radical (unpaired) electrons. The summed E-state index contributed by atoms with van der Waals surface area (Å²) in [6.45, 7) is 2.01. The number of amides is 1. The smallest absolute Gasteiger partial charge is 0.231 e. The molecule has 0 bridgehead atoms. The van der Waals surface area contributed by atoms with Crippen molar-refractivity contribution in [3.8, 4) is 0 Å². The molecule has 3 rings (SSSR count). The summed E-state index contributed by atoms with van der Waals surface area (Å²) in [5, 5.41) is 8.80. The fourth-order valence-corrected chi connectivity index (χ4v) is 4.57. The predicted octanol–water partition coefficient (Wildman–Crippen LogP) is 2.82. The van der Waals surface area contributed by atoms with Gasteiger partial charge >= 0.3 is 0 Å². The van der Waals surface area contributed by atoms with E-state index in [1.165, 1.54) is 24.1 Å². The highest BCUT2D eigenvalue weighted by Gasteiger charge is 2.42. The van der Waals surface area contributed by atoms with Crippen molar-refractivity contribution < 1.29 is 4.79 Å². The number of hydrogen-bond donors (Lipinski definition) is 2. The van der Waals surface area contributed by atoms with Crippen LogP contribution in [0.2, 0.25) is 0 Å². The minimum absolute atomic E-state index is 0.246. The van der Waals surface area contributed by atoms with Gasteiger partial charge in [-0.3, -0.25) is 4.79 Å². The molecule has 0 unspecified atom stereocenters. The lowest BCUT2D eigenvalue weighted by Crippen LogP contribution is -2.52. The van der Waals surface area contributed by atoms with E-state index >= 15 is 0 Å². The van der Waals surface area contributed by atoms with Crippen molar-refractivity contribution in [2.75, 3.05) is 13.1 Å². The second-order valence-corrected chi connectivity index (χ2v) is 7.08. The maximum absolute atomic E-state index is 13.0. The largest absolute Gasteiger partial charge is 0.351 e. The Morgan fingerprint density at radius 1 is 1.30 bits per heavy atom. The topological polar surface area (TPSA) is 41.1 Å². The van der Waals surface area contributed by atoms with Gasteiger partial charge in [0, 0.05) is 17.5 Å². The van der Waals surface area contributed by atoms with Crippen LogP contribution in [-0.4, -0.2) is 25.0 Å². The van der Waals surface area contributed by atoms with Gasteiger partial charge in [0.05, 0.1) is 5.41 Å². The Labute approximate surface area is 125 Å². The summed E-state index contributed by atoms with van der Waals surface area (Å²) >= 11 is 1.74. The average Bonchev–Trinajstić information content (AvgIpc) is 3.04. The molecule has 1 aromatic heterocycles. The molecule has 1 saturated carbocycles. The molecule has 1 aliphatic heterocycles. The zero-order valence-corrected chi connectivity index (χ0v) is 12.8. The fraction of sp³-hybridized carbons (Fsp3) is 0.688. The first-order valence-electron chi connectivity index (χ1n) is 7.87. The molecular weight excluding hydrogens is 268 g/mol. The van der Waals surface area contributed by atoms with Gasteiger partial charge in [-0.1, -0.05) is 25.3 Å². The summed E-state index contributed by atoms with van der Waals surface area (Å²) in [7, 11) is 0. The Balaban J connectivity index is 1.76. The van der Waals surface area contributed by atoms with E-state index in [1.807, 2.05) is 0 Å². The highest BCUT2D eigenvalue weighted by atomic mass is 32.1. The number of thiophene rings is 1. The number of carbonyl (C=O) groups excluding carboxylic acids is 1. The van der Waals surface area contributed by atoms with Crippen LogP contribution in [0.3, 0.4) is 0 Å². The van der Waals surface area contributed by atoms with Crippen molar-refractivity contribution in [1.29, 1.82) is 0 Å². The standard InChI is InChI=1S/C16H24N2OS/c19-15(18-13-6-4-10-17-12-13)16(8-2-1-3-9-16)14-7-5-11-20-14/h5,7,11,13,17H,1-4,6,8-10,12H2,(H,18,19)/t13-/m0/s1. The van der Waals surface area contributed by atoms with Crippen LogP contribution in [0.15, 0.2) is 17.5 Å². The van der Waals surface area contributed by atoms with Gasteiger partial charge in [0.15, 0.2) is 0 Å². The average molecular weight is 292 g/mol. The summed E-state index contributed by atoms with van der Waals surface area (Å²) in [4.78, 5) is 14.2. The molecule has 1 atom stereocenters. The van der Waals surface area contributed by atoms with Gasteiger partial charge in [-0.2, -0.15) is 0 Å². The zero-order chi connectivity index (χ0) is 13.8. The molecule has 2 fully saturated rings. The van der Waals surface area contributed by atoms with Gasteiger partial charge in [0.1, 0.15) is 0 Å². The van der Waals surface area contributed by atoms with Crippen LogP contribution >= 0.6 is 11.3 Å². The summed E-state index contributed by atoms with van der Waals surface area (Å²) in [5.41, 5.74) is -0.246. The van der Waals surface area contributed by atoms with Crippen molar-refractivity contribution in [3.05, 3.63) is 22.4 Å². The lowest BCUT2D eigenvalue weighted by atomic mass is 9.72. The van der Waals surface area contributed by atoms with E-state index in [9.17, 15) is 4.79 Å². The van der Waals surface area contributed by atoms with E-state index in [0.29, 0.717) is 6.04 Å². The normalized spacial score (nSPS) is 26.1. The molecule has 0 spiro atoms. The van der Waals surface area contributed by atoms with Crippen molar-refractivity contribution in [2.24, 2.45) is 0 Å². The van der Waals surface area contributed by atoms with Crippen molar-refractivity contribution in [3.63, 3.8) is 0 Å². The van der Waals surface area contributed by atoms with Crippen molar-refractivity contribution >= 4 is 17.2 Å². The van der Waals surface area contributed by atoms with E-state index in [1.54, 1.807) is 11.3 Å². The van der Waals surface area contributed by atoms with Crippen LogP contribution in [0.25, 0.3) is 0 Å². The lowest BCUT2D eigenvalue weighted by molar-refractivity contribution is -0.128. The third kappa shape index (κ3) is 2.77. The van der Waals surface area contributed by atoms with Gasteiger partial charge in [-0.15, -0.1) is 11.3 Å². The van der Waals surface area contributed by atoms with Crippen LogP contribution in [0, 0.1) is 0 Å². The van der Waals surface area contributed by atoms with Crippen LogP contribution in [-0.2, 0) is 10.2 Å². The van der Waals surface area contributed by atoms with Crippen LogP contribution in [0.4, 0.5) is 0 Å². The quantitative estimate of drug-likeness (QED) is 0.899. The maximum atomic E-state index is 13.0. The molecule has 1 aliphatic carbocycles. The third-order valence-electron chi connectivity index (χ3n) is 4.77. The summed E-state index contributed by atoms with van der Waals surface area (Å²) in [6, 6.07) is 4.54. The first-order valence-corrected chi connectivity index (χ1v) is 8.75. The Hall–Kier alpha value is -0.870. The molecule has 1 amide bonds. The van der Waals surface area contributed by atoms with E-state index in [4.69, 9.17) is 0 Å². The molecule has 2 heterocycles. The lowest BCUT2D eigenvalue weighted by Gasteiger charge is -2.37. The summed E-state index contributed by atoms with van der Waals surface area (Å²) in [5.74, 6) is 0.272. The second-order valence-electron chi connectivity index (χ2n) is 6.14. The highest BCUT2D eigenvalue weighted by Crippen LogP contribution is 2.41. The highest BCUT2D eigenvalue weighted by molar-refractivity contribution is 7.10. The minimum atomic E-state index is -0.246. The molecule has 1 aromatic rings. The Bertz CT molecular complexity index is 431. The molecule has 20 heavy (non-hydrogen) atoms. The Kier molecular flexibility index (Phi) is 4.41. The van der Waals surface area contributed by atoms with Gasteiger partial charge in [-0.25, -0.2) is 0 Å². The Morgan fingerprint density at radius 3 is 2.80 bits per heavy atom. The van der Waals surface area contributed by atoms with Crippen molar-refractivity contribution in [1.82, 2.24) is 10.6 Å². The minimum Gasteiger partial charge on any atom is -0.351 e. The number of piperidine rings is 1. The number of rotatable bonds is 3. The molecule has 1 saturated heterocycles. The molecule has 3 nitrogen and oxygen atoms in total. The first-order chi connectivity index (χ1) is 9.81. The summed E-state index contributed by atoms with van der Waals surface area (Å²) in [6.07, 6.45) is 7.92. The number of carbonyl (C=O) groups is 1. The van der Waals surface area contributed by atoms with E-state index in [2.05, 4.69) is 28.1 Å². The van der Waals surface area contributed by atoms with Gasteiger partial charge in [0.2, 0.25) is 5.91 Å². The van der Waals surface area contributed by atoms with Crippen LogP contribution < -0.4 is 10.6 Å². The zero-order valence-electron chi connectivity index (χ0n) is 12.0. The monoisotopic (exact) mass is 292 g/mol. The third-order valence-corrected chi connectivity index (χ3v) is 5.84. The number of hydrogen-bond acceptors (Lipinski definition) is 3.